The SMILES string of the molecule is COC(=O)C(C)Oc1ccc(I)cc1. The lowest BCUT2D eigenvalue weighted by Crippen LogP contribution is -2.24. The molecule has 0 saturated heterocycles. The minimum absolute atomic E-state index is 0.372. The van der Waals surface area contributed by atoms with Gasteiger partial charge in [0.05, 0.1) is 7.11 Å². The number of rotatable bonds is 3. The minimum atomic E-state index is -0.569. The average Bonchev–Trinajstić information content (AvgIpc) is 2.20. The average molecular weight is 306 g/mol. The van der Waals surface area contributed by atoms with E-state index in [2.05, 4.69) is 27.3 Å². The van der Waals surface area contributed by atoms with E-state index in [1.54, 1.807) is 6.92 Å². The van der Waals surface area contributed by atoms with E-state index < -0.39 is 6.10 Å². The van der Waals surface area contributed by atoms with Crippen molar-refractivity contribution >= 4 is 28.6 Å². The second kappa shape index (κ2) is 5.19. The summed E-state index contributed by atoms with van der Waals surface area (Å²) in [6, 6.07) is 7.47. The zero-order chi connectivity index (χ0) is 10.6. The normalized spacial score (nSPS) is 11.9. The molecule has 76 valence electrons. The number of halogens is 1. The molecule has 0 aliphatic heterocycles. The van der Waals surface area contributed by atoms with Gasteiger partial charge in [0.15, 0.2) is 6.10 Å². The Kier molecular flexibility index (Phi) is 4.19. The van der Waals surface area contributed by atoms with Crippen LogP contribution in [0.3, 0.4) is 0 Å². The van der Waals surface area contributed by atoms with Crippen LogP contribution in [-0.2, 0) is 9.53 Å². The summed E-state index contributed by atoms with van der Waals surface area (Å²) >= 11 is 2.20. The second-order valence-electron chi connectivity index (χ2n) is 2.74. The van der Waals surface area contributed by atoms with Crippen LogP contribution in [0.1, 0.15) is 6.92 Å². The van der Waals surface area contributed by atoms with Crippen molar-refractivity contribution in [3.63, 3.8) is 0 Å². The Balaban J connectivity index is 2.60. The lowest BCUT2D eigenvalue weighted by atomic mass is 10.3. The molecule has 1 atom stereocenters. The van der Waals surface area contributed by atoms with Gasteiger partial charge in [-0.1, -0.05) is 0 Å². The summed E-state index contributed by atoms with van der Waals surface area (Å²) in [4.78, 5) is 11.0. The van der Waals surface area contributed by atoms with Gasteiger partial charge in [-0.2, -0.15) is 0 Å². The van der Waals surface area contributed by atoms with Gasteiger partial charge in [0.25, 0.3) is 0 Å². The maximum atomic E-state index is 11.0. The molecule has 0 aromatic heterocycles. The van der Waals surface area contributed by atoms with Crippen LogP contribution in [-0.4, -0.2) is 19.2 Å². The summed E-state index contributed by atoms with van der Waals surface area (Å²) in [5.74, 6) is 0.298. The molecule has 3 nitrogen and oxygen atoms in total. The molecule has 0 N–H and O–H groups in total. The highest BCUT2D eigenvalue weighted by atomic mass is 127. The largest absolute Gasteiger partial charge is 0.479 e. The van der Waals surface area contributed by atoms with Crippen molar-refractivity contribution in [2.45, 2.75) is 13.0 Å². The molecule has 1 aromatic carbocycles. The van der Waals surface area contributed by atoms with E-state index >= 15 is 0 Å². The van der Waals surface area contributed by atoms with Crippen LogP contribution in [0.2, 0.25) is 0 Å². The first-order valence-electron chi connectivity index (χ1n) is 4.13. The van der Waals surface area contributed by atoms with E-state index in [1.807, 2.05) is 24.3 Å². The van der Waals surface area contributed by atoms with E-state index in [1.165, 1.54) is 7.11 Å². The van der Waals surface area contributed by atoms with Gasteiger partial charge in [-0.15, -0.1) is 0 Å². The Hall–Kier alpha value is -0.780. The fourth-order valence-electron chi connectivity index (χ4n) is 0.931. The van der Waals surface area contributed by atoms with Gasteiger partial charge in [-0.25, -0.2) is 4.79 Å². The molecule has 0 radical (unpaired) electrons. The highest BCUT2D eigenvalue weighted by molar-refractivity contribution is 14.1. The van der Waals surface area contributed by atoms with Gasteiger partial charge < -0.3 is 9.47 Å². The minimum Gasteiger partial charge on any atom is -0.479 e. The van der Waals surface area contributed by atoms with E-state index in [4.69, 9.17) is 4.74 Å². The molecule has 14 heavy (non-hydrogen) atoms. The Morgan fingerprint density at radius 2 is 1.93 bits per heavy atom. The maximum Gasteiger partial charge on any atom is 0.346 e. The van der Waals surface area contributed by atoms with Crippen molar-refractivity contribution in [2.75, 3.05) is 7.11 Å². The van der Waals surface area contributed by atoms with Crippen LogP contribution in [0.4, 0.5) is 0 Å². The molecule has 1 rings (SSSR count). The van der Waals surface area contributed by atoms with Crippen molar-refractivity contribution in [3.05, 3.63) is 27.8 Å². The van der Waals surface area contributed by atoms with Crippen molar-refractivity contribution in [1.82, 2.24) is 0 Å². The number of esters is 1. The van der Waals surface area contributed by atoms with Gasteiger partial charge in [-0.3, -0.25) is 0 Å². The number of benzene rings is 1. The van der Waals surface area contributed by atoms with Crippen LogP contribution in [0, 0.1) is 3.57 Å². The van der Waals surface area contributed by atoms with Crippen LogP contribution < -0.4 is 4.74 Å². The summed E-state index contributed by atoms with van der Waals surface area (Å²) < 4.78 is 11.0. The van der Waals surface area contributed by atoms with Crippen molar-refractivity contribution in [1.29, 1.82) is 0 Å². The fraction of sp³-hybridized carbons (Fsp3) is 0.300. The van der Waals surface area contributed by atoms with Crippen LogP contribution in [0.5, 0.6) is 5.75 Å². The predicted octanol–water partition coefficient (Wildman–Crippen LogP) is 2.23. The lowest BCUT2D eigenvalue weighted by Gasteiger charge is -2.11. The Morgan fingerprint density at radius 3 is 2.43 bits per heavy atom. The highest BCUT2D eigenvalue weighted by Crippen LogP contribution is 2.15. The first kappa shape index (κ1) is 11.3. The van der Waals surface area contributed by atoms with Gasteiger partial charge in [0.2, 0.25) is 0 Å². The molecule has 1 aromatic rings. The molecule has 1 unspecified atom stereocenters. The number of carbonyl (C=O) groups excluding carboxylic acids is 1. The lowest BCUT2D eigenvalue weighted by molar-refractivity contribution is -0.147. The van der Waals surface area contributed by atoms with Gasteiger partial charge in [0, 0.05) is 3.57 Å². The molecule has 4 heteroatoms. The Labute approximate surface area is 96.5 Å². The Bertz CT molecular complexity index is 308. The monoisotopic (exact) mass is 306 g/mol. The molecule has 0 heterocycles. The van der Waals surface area contributed by atoms with E-state index in [0.29, 0.717) is 5.75 Å². The van der Waals surface area contributed by atoms with Crippen molar-refractivity contribution in [3.8, 4) is 5.75 Å². The van der Waals surface area contributed by atoms with E-state index in [9.17, 15) is 4.79 Å². The molecular formula is C10H11IO3. The molecule has 0 amide bonds. The number of methoxy groups -OCH3 is 1. The van der Waals surface area contributed by atoms with E-state index in [0.717, 1.165) is 3.57 Å². The third-order valence-electron chi connectivity index (χ3n) is 1.66. The highest BCUT2D eigenvalue weighted by Gasteiger charge is 2.14. The van der Waals surface area contributed by atoms with Crippen LogP contribution >= 0.6 is 22.6 Å². The molecule has 0 aliphatic rings. The van der Waals surface area contributed by atoms with Gasteiger partial charge in [-0.05, 0) is 53.8 Å². The topological polar surface area (TPSA) is 35.5 Å². The standard InChI is InChI=1S/C10H11IO3/c1-7(10(12)13-2)14-9-5-3-8(11)4-6-9/h3-7H,1-2H3. The van der Waals surface area contributed by atoms with Crippen LogP contribution in [0.15, 0.2) is 24.3 Å². The number of carbonyl (C=O) groups is 1. The summed E-state index contributed by atoms with van der Waals surface area (Å²) in [6.45, 7) is 1.66. The number of hydrogen-bond acceptors (Lipinski definition) is 3. The summed E-state index contributed by atoms with van der Waals surface area (Å²) in [5.41, 5.74) is 0. The second-order valence-corrected chi connectivity index (χ2v) is 3.98. The molecular weight excluding hydrogens is 295 g/mol. The first-order valence-corrected chi connectivity index (χ1v) is 5.21. The summed E-state index contributed by atoms with van der Waals surface area (Å²) in [7, 11) is 1.34. The quantitative estimate of drug-likeness (QED) is 0.634. The molecule has 0 aliphatic carbocycles. The number of hydrogen-bond donors (Lipinski definition) is 0. The summed E-state index contributed by atoms with van der Waals surface area (Å²) in [5, 5.41) is 0. The fourth-order valence-corrected chi connectivity index (χ4v) is 1.29. The van der Waals surface area contributed by atoms with Crippen LogP contribution in [0.25, 0.3) is 0 Å². The molecule has 0 fully saturated rings. The number of ether oxygens (including phenoxy) is 2. The van der Waals surface area contributed by atoms with Gasteiger partial charge >= 0.3 is 5.97 Å². The smallest absolute Gasteiger partial charge is 0.346 e. The zero-order valence-electron chi connectivity index (χ0n) is 7.99. The van der Waals surface area contributed by atoms with Crippen molar-refractivity contribution in [2.24, 2.45) is 0 Å². The predicted molar refractivity (Wildman–Crippen MR) is 61.3 cm³/mol. The summed E-state index contributed by atoms with van der Waals surface area (Å²) in [6.07, 6.45) is -0.569. The third-order valence-corrected chi connectivity index (χ3v) is 2.38. The molecule has 0 spiro atoms. The van der Waals surface area contributed by atoms with E-state index in [-0.39, 0.29) is 5.97 Å². The zero-order valence-corrected chi connectivity index (χ0v) is 10.1. The van der Waals surface area contributed by atoms with Crippen molar-refractivity contribution < 1.29 is 14.3 Å². The first-order chi connectivity index (χ1) is 6.63. The third kappa shape index (κ3) is 3.17. The molecule has 0 bridgehead atoms. The Morgan fingerprint density at radius 1 is 1.36 bits per heavy atom. The maximum absolute atomic E-state index is 11.0. The van der Waals surface area contributed by atoms with Gasteiger partial charge in [0.1, 0.15) is 5.75 Å². The molecule has 0 saturated carbocycles.